The van der Waals surface area contributed by atoms with Gasteiger partial charge in [0.1, 0.15) is 29.5 Å². The van der Waals surface area contributed by atoms with Crippen molar-refractivity contribution in [2.24, 2.45) is 0 Å². The van der Waals surface area contributed by atoms with E-state index in [1.807, 2.05) is 42.5 Å². The molecule has 3 aromatic carbocycles. The number of likely N-dealkylation sites (N-methyl/N-ethyl adjacent to an activating group) is 1. The first kappa shape index (κ1) is 33.2. The van der Waals surface area contributed by atoms with Gasteiger partial charge in [0, 0.05) is 33.0 Å². The molecule has 3 unspecified atom stereocenters. The van der Waals surface area contributed by atoms with Crippen LogP contribution in [0.1, 0.15) is 38.3 Å². The summed E-state index contributed by atoms with van der Waals surface area (Å²) in [6.07, 6.45) is 1.26. The first-order valence-electron chi connectivity index (χ1n) is 15.0. The summed E-state index contributed by atoms with van der Waals surface area (Å²) < 4.78 is 19.0. The zero-order chi connectivity index (χ0) is 32.7. The van der Waals surface area contributed by atoms with Crippen LogP contribution in [0.3, 0.4) is 0 Å². The van der Waals surface area contributed by atoms with E-state index in [0.29, 0.717) is 12.0 Å². The molecule has 1 heterocycles. The Hall–Kier alpha value is -4.73. The lowest BCUT2D eigenvalue weighted by atomic mass is 9.97. The molecular weight excluding hydrogens is 575 g/mol. The lowest BCUT2D eigenvalue weighted by molar-refractivity contribution is -0.156. The number of nitrogens with zero attached hydrogens (tertiary/aromatic N) is 2. The molecule has 0 aromatic heterocycles. The minimum atomic E-state index is -1.09. The van der Waals surface area contributed by atoms with Crippen LogP contribution in [0, 0.1) is 5.82 Å². The van der Waals surface area contributed by atoms with Crippen molar-refractivity contribution in [1.82, 2.24) is 20.4 Å². The van der Waals surface area contributed by atoms with Crippen molar-refractivity contribution in [2.75, 3.05) is 20.1 Å². The Kier molecular flexibility index (Phi) is 10.6. The zero-order valence-corrected chi connectivity index (χ0v) is 26.2. The fraction of sp³-hybridized carbons (Fsp3) is 0.371. The summed E-state index contributed by atoms with van der Waals surface area (Å²) in [6.45, 7) is 9.17. The Morgan fingerprint density at radius 1 is 1.00 bits per heavy atom. The van der Waals surface area contributed by atoms with E-state index < -0.39 is 41.5 Å². The molecule has 1 fully saturated rings. The van der Waals surface area contributed by atoms with Gasteiger partial charge < -0.3 is 25.2 Å². The monoisotopic (exact) mass is 616 g/mol. The molecule has 10 heteroatoms. The largest absolute Gasteiger partial charge is 0.444 e. The predicted octanol–water partition coefficient (Wildman–Crippen LogP) is 4.39. The molecule has 1 saturated heterocycles. The Labute approximate surface area is 263 Å². The number of hydrogen-bond donors (Lipinski definition) is 2. The maximum absolute atomic E-state index is 14.1. The van der Waals surface area contributed by atoms with Gasteiger partial charge in [0.05, 0.1) is 0 Å². The van der Waals surface area contributed by atoms with Crippen molar-refractivity contribution < 1.29 is 28.3 Å². The Morgan fingerprint density at radius 3 is 2.31 bits per heavy atom. The van der Waals surface area contributed by atoms with Crippen molar-refractivity contribution >= 4 is 34.6 Å². The molecule has 3 atom stereocenters. The van der Waals surface area contributed by atoms with Crippen LogP contribution >= 0.6 is 0 Å². The minimum Gasteiger partial charge on any atom is -0.444 e. The highest BCUT2D eigenvalue weighted by Crippen LogP contribution is 2.24. The second kappa shape index (κ2) is 14.4. The molecule has 238 valence electrons. The number of hydrogen-bond acceptors (Lipinski definition) is 5. The Morgan fingerprint density at radius 2 is 1.67 bits per heavy atom. The van der Waals surface area contributed by atoms with E-state index in [1.54, 1.807) is 26.8 Å². The third kappa shape index (κ3) is 8.47. The van der Waals surface area contributed by atoms with Crippen molar-refractivity contribution in [1.29, 1.82) is 0 Å². The molecule has 2 N–H and O–H groups in total. The number of benzene rings is 3. The van der Waals surface area contributed by atoms with Crippen LogP contribution < -0.4 is 10.6 Å². The third-order valence-corrected chi connectivity index (χ3v) is 7.71. The van der Waals surface area contributed by atoms with Crippen LogP contribution in [-0.4, -0.2) is 77.5 Å². The highest BCUT2D eigenvalue weighted by Gasteiger charge is 2.43. The van der Waals surface area contributed by atoms with Crippen LogP contribution in [0.2, 0.25) is 0 Å². The van der Waals surface area contributed by atoms with Gasteiger partial charge in [0.2, 0.25) is 17.7 Å². The number of amides is 4. The lowest BCUT2D eigenvalue weighted by Crippen LogP contribution is -2.65. The normalized spacial score (nSPS) is 16.6. The summed E-state index contributed by atoms with van der Waals surface area (Å²) in [4.78, 5) is 57.1. The summed E-state index contributed by atoms with van der Waals surface area (Å²) in [5.74, 6) is -1.61. The molecule has 3 aromatic rings. The number of fused-ring (bicyclic) bond motifs is 1. The smallest absolute Gasteiger partial charge is 0.408 e. The minimum absolute atomic E-state index is 0.0520. The maximum Gasteiger partial charge on any atom is 0.408 e. The molecule has 0 saturated carbocycles. The second-order valence-electron chi connectivity index (χ2n) is 12.1. The van der Waals surface area contributed by atoms with Crippen molar-refractivity contribution in [3.63, 3.8) is 0 Å². The standard InChI is InChI=1S/C35H41FN4O5/c1-6-9-29-33(43)40(30(31(41)37-5)22-24-12-15-25-10-7-8-11-26(25)20-24)19-18-39(29)32(42)28(38-34(44)45-35(2,3)4)21-23-13-16-27(36)17-14-23/h6-8,10-17,20,28-30H,1,9,18-19,21-22H2,2-5H3,(H,37,41)(H,38,44). The van der Waals surface area contributed by atoms with Crippen LogP contribution in [-0.2, 0) is 32.0 Å². The fourth-order valence-corrected chi connectivity index (χ4v) is 5.57. The van der Waals surface area contributed by atoms with Crippen LogP contribution in [0.5, 0.6) is 0 Å². The van der Waals surface area contributed by atoms with Crippen LogP contribution in [0.4, 0.5) is 9.18 Å². The van der Waals surface area contributed by atoms with Gasteiger partial charge in [-0.25, -0.2) is 9.18 Å². The van der Waals surface area contributed by atoms with E-state index in [2.05, 4.69) is 17.2 Å². The van der Waals surface area contributed by atoms with E-state index in [9.17, 15) is 23.6 Å². The van der Waals surface area contributed by atoms with E-state index in [1.165, 1.54) is 41.1 Å². The number of alkyl carbamates (subject to hydrolysis) is 1. The number of rotatable bonds is 10. The average Bonchev–Trinajstić information content (AvgIpc) is 3.00. The van der Waals surface area contributed by atoms with Crippen molar-refractivity contribution in [2.45, 2.75) is 63.8 Å². The first-order chi connectivity index (χ1) is 21.4. The van der Waals surface area contributed by atoms with Gasteiger partial charge in [-0.2, -0.15) is 0 Å². The Balaban J connectivity index is 1.60. The highest BCUT2D eigenvalue weighted by molar-refractivity contribution is 5.95. The van der Waals surface area contributed by atoms with Gasteiger partial charge in [0.15, 0.2) is 0 Å². The predicted molar refractivity (Wildman–Crippen MR) is 171 cm³/mol. The van der Waals surface area contributed by atoms with E-state index in [4.69, 9.17) is 4.74 Å². The molecule has 4 rings (SSSR count). The maximum atomic E-state index is 14.1. The van der Waals surface area contributed by atoms with Crippen LogP contribution in [0.15, 0.2) is 79.4 Å². The summed E-state index contributed by atoms with van der Waals surface area (Å²) in [7, 11) is 1.53. The quantitative estimate of drug-likeness (QED) is 0.329. The van der Waals surface area contributed by atoms with Gasteiger partial charge in [-0.15, -0.1) is 6.58 Å². The van der Waals surface area contributed by atoms with Crippen molar-refractivity contribution in [3.05, 3.63) is 96.3 Å². The van der Waals surface area contributed by atoms with E-state index in [0.717, 1.165) is 16.3 Å². The zero-order valence-electron chi connectivity index (χ0n) is 26.2. The van der Waals surface area contributed by atoms with Gasteiger partial charge >= 0.3 is 6.09 Å². The average molecular weight is 617 g/mol. The number of carbonyl (C=O) groups excluding carboxylic acids is 4. The molecule has 9 nitrogen and oxygen atoms in total. The summed E-state index contributed by atoms with van der Waals surface area (Å²) in [5, 5.41) is 7.45. The molecule has 45 heavy (non-hydrogen) atoms. The van der Waals surface area contributed by atoms with Gasteiger partial charge in [-0.1, -0.05) is 60.7 Å². The number of piperazine rings is 1. The van der Waals surface area contributed by atoms with Crippen molar-refractivity contribution in [3.8, 4) is 0 Å². The Bertz CT molecular complexity index is 1550. The molecule has 0 spiro atoms. The van der Waals surface area contributed by atoms with Gasteiger partial charge in [-0.05, 0) is 61.2 Å². The summed E-state index contributed by atoms with van der Waals surface area (Å²) in [6, 6.07) is 16.7. The number of halogens is 1. The van der Waals surface area contributed by atoms with Gasteiger partial charge in [0.25, 0.3) is 0 Å². The SMILES string of the molecule is C=CCC1C(=O)N(C(Cc2ccc3ccccc3c2)C(=O)NC)CCN1C(=O)C(Cc1ccc(F)cc1)NC(=O)OC(C)(C)C. The van der Waals surface area contributed by atoms with Crippen LogP contribution in [0.25, 0.3) is 10.8 Å². The molecule has 0 aliphatic carbocycles. The molecule has 4 amide bonds. The molecule has 0 bridgehead atoms. The summed E-state index contributed by atoms with van der Waals surface area (Å²) in [5.41, 5.74) is 0.710. The van der Waals surface area contributed by atoms with E-state index in [-0.39, 0.29) is 37.7 Å². The highest BCUT2D eigenvalue weighted by atomic mass is 19.1. The first-order valence-corrected chi connectivity index (χ1v) is 15.0. The topological polar surface area (TPSA) is 108 Å². The molecule has 1 aliphatic heterocycles. The fourth-order valence-electron chi connectivity index (χ4n) is 5.57. The van der Waals surface area contributed by atoms with E-state index >= 15 is 0 Å². The third-order valence-electron chi connectivity index (χ3n) is 7.71. The number of ether oxygens (including phenoxy) is 1. The van der Waals surface area contributed by atoms with Gasteiger partial charge in [-0.3, -0.25) is 14.4 Å². The molecule has 1 aliphatic rings. The summed E-state index contributed by atoms with van der Waals surface area (Å²) >= 11 is 0. The number of carbonyl (C=O) groups is 4. The lowest BCUT2D eigenvalue weighted by Gasteiger charge is -2.44. The molecule has 0 radical (unpaired) electrons. The second-order valence-corrected chi connectivity index (χ2v) is 12.1. The number of nitrogens with one attached hydrogen (secondary N) is 2. The molecular formula is C35H41FN4O5.